The van der Waals surface area contributed by atoms with Crippen LogP contribution in [0.15, 0.2) is 30.2 Å². The first-order valence-electron chi connectivity index (χ1n) is 5.20. The lowest BCUT2D eigenvalue weighted by Gasteiger charge is -2.20. The van der Waals surface area contributed by atoms with Crippen molar-refractivity contribution >= 4 is 29.0 Å². The number of hydrogen-bond donors (Lipinski definition) is 2. The van der Waals surface area contributed by atoms with Gasteiger partial charge in [-0.2, -0.15) is 4.37 Å². The van der Waals surface area contributed by atoms with Crippen LogP contribution in [0.3, 0.4) is 0 Å². The van der Waals surface area contributed by atoms with Crippen molar-refractivity contribution in [2.45, 2.75) is 6.42 Å². The van der Waals surface area contributed by atoms with Crippen molar-refractivity contribution in [2.24, 2.45) is 0 Å². The van der Waals surface area contributed by atoms with Gasteiger partial charge in [0.15, 0.2) is 5.01 Å². The first kappa shape index (κ1) is 10.8. The average Bonchev–Trinajstić information content (AvgIpc) is 2.91. The Kier molecular flexibility index (Phi) is 2.52. The zero-order chi connectivity index (χ0) is 12.5. The Labute approximate surface area is 106 Å². The van der Waals surface area contributed by atoms with Crippen LogP contribution in [0.4, 0.5) is 5.82 Å². The van der Waals surface area contributed by atoms with Gasteiger partial charge in [0.1, 0.15) is 12.1 Å². The van der Waals surface area contributed by atoms with E-state index in [2.05, 4.69) is 19.7 Å². The smallest absolute Gasteiger partial charge is 0.334 e. The summed E-state index contributed by atoms with van der Waals surface area (Å²) in [5.41, 5.74) is 1.63. The van der Waals surface area contributed by atoms with Gasteiger partial charge in [-0.25, -0.2) is 14.8 Å². The molecule has 0 bridgehead atoms. The summed E-state index contributed by atoms with van der Waals surface area (Å²) in [6, 6.07) is 3.64. The second-order valence-corrected chi connectivity index (χ2v) is 4.50. The van der Waals surface area contributed by atoms with Crippen molar-refractivity contribution in [2.75, 3.05) is 5.32 Å². The van der Waals surface area contributed by atoms with Gasteiger partial charge >= 0.3 is 5.97 Å². The summed E-state index contributed by atoms with van der Waals surface area (Å²) in [4.78, 5) is 19.5. The maximum Gasteiger partial charge on any atom is 0.334 e. The van der Waals surface area contributed by atoms with Crippen LogP contribution < -0.4 is 5.32 Å². The summed E-state index contributed by atoms with van der Waals surface area (Å²) < 4.78 is 3.89. The molecule has 0 radical (unpaired) electrons. The lowest BCUT2D eigenvalue weighted by Crippen LogP contribution is -2.18. The normalized spacial score (nSPS) is 14.0. The third kappa shape index (κ3) is 1.74. The lowest BCUT2D eigenvalue weighted by molar-refractivity contribution is -0.132. The Balaban J connectivity index is 2.11. The van der Waals surface area contributed by atoms with E-state index in [-0.39, 0.29) is 5.57 Å². The van der Waals surface area contributed by atoms with Gasteiger partial charge in [-0.15, -0.1) is 0 Å². The minimum atomic E-state index is -0.956. The molecular weight excluding hydrogens is 252 g/mol. The molecule has 0 amide bonds. The highest BCUT2D eigenvalue weighted by Gasteiger charge is 2.25. The van der Waals surface area contributed by atoms with Crippen LogP contribution in [0.5, 0.6) is 0 Å². The van der Waals surface area contributed by atoms with E-state index in [1.54, 1.807) is 12.3 Å². The van der Waals surface area contributed by atoms with Gasteiger partial charge < -0.3 is 10.4 Å². The molecule has 90 valence electrons. The molecule has 3 rings (SSSR count). The van der Waals surface area contributed by atoms with Crippen LogP contribution in [0.25, 0.3) is 5.70 Å². The molecule has 0 saturated carbocycles. The number of rotatable bonds is 2. The van der Waals surface area contributed by atoms with E-state index < -0.39 is 5.97 Å². The summed E-state index contributed by atoms with van der Waals surface area (Å²) in [6.07, 6.45) is 3.40. The Morgan fingerprint density at radius 2 is 2.33 bits per heavy atom. The van der Waals surface area contributed by atoms with Gasteiger partial charge in [0.2, 0.25) is 0 Å². The van der Waals surface area contributed by atoms with Gasteiger partial charge in [0.05, 0.1) is 11.3 Å². The number of pyridine rings is 1. The number of fused-ring (bicyclic) bond motifs is 1. The minimum Gasteiger partial charge on any atom is -0.478 e. The molecule has 0 aliphatic carbocycles. The standard InChI is InChI=1S/C11H8N4O2S/c16-11(17)7-4-6-2-1-3-12-9(6)15-8(7)10-13-5-14-18-10/h1-3,5H,4H2,(H,12,15)(H,16,17). The largest absolute Gasteiger partial charge is 0.478 e. The summed E-state index contributed by atoms with van der Waals surface area (Å²) in [5.74, 6) is -0.282. The number of nitrogens with one attached hydrogen (secondary N) is 1. The molecule has 2 aromatic rings. The average molecular weight is 260 g/mol. The molecule has 1 aliphatic rings. The number of carbonyl (C=O) groups is 1. The van der Waals surface area contributed by atoms with Crippen LogP contribution in [0.1, 0.15) is 10.6 Å². The quantitative estimate of drug-likeness (QED) is 0.848. The number of aromatic nitrogens is 3. The highest BCUT2D eigenvalue weighted by molar-refractivity contribution is 7.06. The second-order valence-electron chi connectivity index (χ2n) is 3.72. The van der Waals surface area contributed by atoms with E-state index in [4.69, 9.17) is 0 Å². The van der Waals surface area contributed by atoms with Crippen LogP contribution in [-0.2, 0) is 11.2 Å². The van der Waals surface area contributed by atoms with Gasteiger partial charge in [-0.1, -0.05) is 6.07 Å². The van der Waals surface area contributed by atoms with Crippen LogP contribution in [0.2, 0.25) is 0 Å². The molecular formula is C11H8N4O2S. The summed E-state index contributed by atoms with van der Waals surface area (Å²) in [6.45, 7) is 0. The number of aliphatic carboxylic acids is 1. The zero-order valence-corrected chi connectivity index (χ0v) is 9.94. The molecule has 6 nitrogen and oxygen atoms in total. The number of anilines is 1. The van der Waals surface area contributed by atoms with Crippen molar-refractivity contribution < 1.29 is 9.90 Å². The van der Waals surface area contributed by atoms with Gasteiger partial charge in [0, 0.05) is 12.6 Å². The fourth-order valence-corrected chi connectivity index (χ4v) is 2.37. The maximum atomic E-state index is 11.3. The van der Waals surface area contributed by atoms with E-state index in [0.29, 0.717) is 22.9 Å². The van der Waals surface area contributed by atoms with Crippen LogP contribution >= 0.6 is 11.5 Å². The molecule has 0 aromatic carbocycles. The van der Waals surface area contributed by atoms with Crippen LogP contribution in [-0.4, -0.2) is 25.4 Å². The minimum absolute atomic E-state index is 0.284. The molecule has 0 saturated heterocycles. The van der Waals surface area contributed by atoms with Gasteiger partial charge in [-0.05, 0) is 23.2 Å². The van der Waals surface area contributed by atoms with E-state index in [1.165, 1.54) is 6.33 Å². The van der Waals surface area contributed by atoms with Crippen LogP contribution in [0, 0.1) is 0 Å². The number of carboxylic acids is 1. The van der Waals surface area contributed by atoms with Crippen molar-refractivity contribution in [1.29, 1.82) is 0 Å². The molecule has 2 aromatic heterocycles. The van der Waals surface area contributed by atoms with E-state index in [1.807, 2.05) is 6.07 Å². The summed E-state index contributed by atoms with van der Waals surface area (Å²) >= 11 is 1.15. The monoisotopic (exact) mass is 260 g/mol. The Morgan fingerprint density at radius 3 is 3.06 bits per heavy atom. The van der Waals surface area contributed by atoms with E-state index in [0.717, 1.165) is 17.1 Å². The lowest BCUT2D eigenvalue weighted by atomic mass is 10.0. The van der Waals surface area contributed by atoms with Crippen molar-refractivity contribution in [3.63, 3.8) is 0 Å². The SMILES string of the molecule is O=C(O)C1=C(c2ncns2)Nc2ncccc2C1. The van der Waals surface area contributed by atoms with Gasteiger partial charge in [0.25, 0.3) is 0 Å². The van der Waals surface area contributed by atoms with Gasteiger partial charge in [-0.3, -0.25) is 0 Å². The highest BCUT2D eigenvalue weighted by Crippen LogP contribution is 2.31. The van der Waals surface area contributed by atoms with Crippen molar-refractivity contribution in [3.05, 3.63) is 40.8 Å². The fraction of sp³-hybridized carbons (Fsp3) is 0.0909. The first-order chi connectivity index (χ1) is 8.75. The van der Waals surface area contributed by atoms with Crippen molar-refractivity contribution in [1.82, 2.24) is 14.3 Å². The summed E-state index contributed by atoms with van der Waals surface area (Å²) in [7, 11) is 0. The van der Waals surface area contributed by atoms with E-state index >= 15 is 0 Å². The molecule has 3 heterocycles. The molecule has 0 fully saturated rings. The topological polar surface area (TPSA) is 88.0 Å². The number of hydrogen-bond acceptors (Lipinski definition) is 6. The Morgan fingerprint density at radius 1 is 1.44 bits per heavy atom. The number of carboxylic acid groups (broad SMARTS) is 1. The highest BCUT2D eigenvalue weighted by atomic mass is 32.1. The Hall–Kier alpha value is -2.28. The first-order valence-corrected chi connectivity index (χ1v) is 5.97. The third-order valence-corrected chi connectivity index (χ3v) is 3.32. The fourth-order valence-electron chi connectivity index (χ4n) is 1.81. The maximum absolute atomic E-state index is 11.3. The number of nitrogens with zero attached hydrogens (tertiary/aromatic N) is 3. The predicted octanol–water partition coefficient (Wildman–Crippen LogP) is 1.40. The Bertz CT molecular complexity index is 636. The molecule has 2 N–H and O–H groups in total. The molecule has 0 unspecified atom stereocenters. The molecule has 0 atom stereocenters. The molecule has 0 spiro atoms. The van der Waals surface area contributed by atoms with Crippen molar-refractivity contribution in [3.8, 4) is 0 Å². The molecule has 18 heavy (non-hydrogen) atoms. The zero-order valence-electron chi connectivity index (χ0n) is 9.12. The van der Waals surface area contributed by atoms with E-state index in [9.17, 15) is 9.90 Å². The molecule has 7 heteroatoms. The predicted molar refractivity (Wildman–Crippen MR) is 66.0 cm³/mol. The molecule has 1 aliphatic heterocycles. The summed E-state index contributed by atoms with van der Waals surface area (Å²) in [5, 5.41) is 12.9. The second kappa shape index (κ2) is 4.19. The third-order valence-electron chi connectivity index (χ3n) is 2.64.